The van der Waals surface area contributed by atoms with Crippen LogP contribution in [-0.4, -0.2) is 71.3 Å². The summed E-state index contributed by atoms with van der Waals surface area (Å²) in [5.41, 5.74) is 2.57. The maximum absolute atomic E-state index is 12.7. The van der Waals surface area contributed by atoms with E-state index in [1.807, 2.05) is 19.1 Å². The molecule has 2 N–H and O–H groups in total. The first-order valence-electron chi connectivity index (χ1n) is 12.6. The molecule has 1 aromatic carbocycles. The van der Waals surface area contributed by atoms with Gasteiger partial charge in [-0.1, -0.05) is 12.6 Å². The van der Waals surface area contributed by atoms with E-state index in [0.29, 0.717) is 12.1 Å². The van der Waals surface area contributed by atoms with Crippen LogP contribution in [0.4, 0.5) is 19.0 Å². The van der Waals surface area contributed by atoms with Gasteiger partial charge in [0.25, 0.3) is 5.91 Å². The summed E-state index contributed by atoms with van der Waals surface area (Å²) in [6, 6.07) is 10.6. The molecule has 0 spiro atoms. The number of hydrogen-bond acceptors (Lipinski definition) is 7. The van der Waals surface area contributed by atoms with Gasteiger partial charge in [-0.3, -0.25) is 14.4 Å². The lowest BCUT2D eigenvalue weighted by Gasteiger charge is -2.26. The van der Waals surface area contributed by atoms with E-state index in [4.69, 9.17) is 4.74 Å². The highest BCUT2D eigenvalue weighted by Crippen LogP contribution is 2.24. The van der Waals surface area contributed by atoms with E-state index in [2.05, 4.69) is 36.9 Å². The lowest BCUT2D eigenvalue weighted by atomic mass is 10.1. The van der Waals surface area contributed by atoms with Crippen LogP contribution in [0.1, 0.15) is 33.7 Å². The second-order valence-corrected chi connectivity index (χ2v) is 9.12. The van der Waals surface area contributed by atoms with Crippen molar-refractivity contribution >= 4 is 17.4 Å². The number of aryl methyl sites for hydroxylation is 1. The van der Waals surface area contributed by atoms with E-state index in [9.17, 15) is 18.0 Å². The van der Waals surface area contributed by atoms with Crippen molar-refractivity contribution in [1.82, 2.24) is 25.0 Å². The smallest absolute Gasteiger partial charge is 0.406 e. The van der Waals surface area contributed by atoms with Gasteiger partial charge in [-0.25, -0.2) is 4.98 Å². The monoisotopic (exact) mass is 544 g/mol. The molecule has 208 valence electrons. The standard InChI is InChI=1S/C27H31F3N6O3/c1-19-16-24(26(37)33-20(2)22-5-7-23(8-6-22)39-27(28,29)30)34-36(19)18-21-4-9-25(32-17-21)31-10-3-11-35-12-14-38-15-13-35/h4-9,16-17H,2-3,10-15,18H2,1H3,(H,31,32)(H,33,37). The lowest BCUT2D eigenvalue weighted by Crippen LogP contribution is -2.37. The quantitative estimate of drug-likeness (QED) is 0.352. The first-order valence-corrected chi connectivity index (χ1v) is 12.6. The molecular formula is C27H31F3N6O3. The number of alkyl halides is 3. The summed E-state index contributed by atoms with van der Waals surface area (Å²) in [4.78, 5) is 19.6. The summed E-state index contributed by atoms with van der Waals surface area (Å²) in [5, 5.41) is 10.4. The highest BCUT2D eigenvalue weighted by atomic mass is 19.4. The van der Waals surface area contributed by atoms with Crippen LogP contribution >= 0.6 is 0 Å². The highest BCUT2D eigenvalue weighted by molar-refractivity contribution is 5.97. The fourth-order valence-electron chi connectivity index (χ4n) is 4.05. The van der Waals surface area contributed by atoms with Gasteiger partial charge in [0.05, 0.1) is 19.8 Å². The number of pyridine rings is 1. The third kappa shape index (κ3) is 8.55. The number of benzene rings is 1. The zero-order chi connectivity index (χ0) is 27.8. The van der Waals surface area contributed by atoms with E-state index < -0.39 is 12.3 Å². The molecular weight excluding hydrogens is 513 g/mol. The summed E-state index contributed by atoms with van der Waals surface area (Å²) in [7, 11) is 0. The maximum Gasteiger partial charge on any atom is 0.573 e. The largest absolute Gasteiger partial charge is 0.573 e. The van der Waals surface area contributed by atoms with Crippen molar-refractivity contribution in [2.45, 2.75) is 26.3 Å². The van der Waals surface area contributed by atoms with Gasteiger partial charge < -0.3 is 20.1 Å². The fourth-order valence-corrected chi connectivity index (χ4v) is 4.05. The lowest BCUT2D eigenvalue weighted by molar-refractivity contribution is -0.274. The minimum atomic E-state index is -4.78. The highest BCUT2D eigenvalue weighted by Gasteiger charge is 2.31. The van der Waals surface area contributed by atoms with Crippen LogP contribution in [0.25, 0.3) is 5.70 Å². The Morgan fingerprint density at radius 3 is 2.56 bits per heavy atom. The Balaban J connectivity index is 1.26. The molecule has 1 amide bonds. The van der Waals surface area contributed by atoms with Gasteiger partial charge in [0.15, 0.2) is 5.69 Å². The number of halogens is 3. The average Bonchev–Trinajstić information content (AvgIpc) is 3.27. The average molecular weight is 545 g/mol. The molecule has 39 heavy (non-hydrogen) atoms. The van der Waals surface area contributed by atoms with Crippen LogP contribution in [0, 0.1) is 6.92 Å². The zero-order valence-electron chi connectivity index (χ0n) is 21.6. The number of nitrogens with zero attached hydrogens (tertiary/aromatic N) is 4. The molecule has 1 fully saturated rings. The molecule has 4 rings (SSSR count). The van der Waals surface area contributed by atoms with Crippen LogP contribution < -0.4 is 15.4 Å². The van der Waals surface area contributed by atoms with Gasteiger partial charge in [-0.2, -0.15) is 5.10 Å². The number of morpholine rings is 1. The normalized spacial score (nSPS) is 14.2. The summed E-state index contributed by atoms with van der Waals surface area (Å²) >= 11 is 0. The van der Waals surface area contributed by atoms with E-state index in [0.717, 1.165) is 75.0 Å². The number of nitrogens with one attached hydrogen (secondary N) is 2. The van der Waals surface area contributed by atoms with Crippen molar-refractivity contribution in [3.8, 4) is 5.75 Å². The molecule has 12 heteroatoms. The Morgan fingerprint density at radius 2 is 1.90 bits per heavy atom. The van der Waals surface area contributed by atoms with Crippen molar-refractivity contribution in [3.63, 3.8) is 0 Å². The van der Waals surface area contributed by atoms with Crippen LogP contribution in [0.2, 0.25) is 0 Å². The van der Waals surface area contributed by atoms with Crippen LogP contribution in [-0.2, 0) is 11.3 Å². The number of anilines is 1. The van der Waals surface area contributed by atoms with Crippen LogP contribution in [0.15, 0.2) is 55.2 Å². The molecule has 3 aromatic rings. The van der Waals surface area contributed by atoms with Gasteiger partial charge in [-0.15, -0.1) is 13.2 Å². The molecule has 0 bridgehead atoms. The van der Waals surface area contributed by atoms with Gasteiger partial charge in [0.1, 0.15) is 11.6 Å². The number of ether oxygens (including phenoxy) is 2. The number of hydrogen-bond donors (Lipinski definition) is 2. The number of carbonyl (C=O) groups excluding carboxylic acids is 1. The Labute approximate surface area is 224 Å². The molecule has 9 nitrogen and oxygen atoms in total. The minimum Gasteiger partial charge on any atom is -0.406 e. The second kappa shape index (κ2) is 12.8. The van der Waals surface area contributed by atoms with E-state index in [-0.39, 0.29) is 17.1 Å². The SMILES string of the molecule is C=C(NC(=O)c1cc(C)n(Cc2ccc(NCCCN3CCOCC3)nc2)n1)c1ccc(OC(F)(F)F)cc1. The molecule has 1 aliphatic rings. The third-order valence-electron chi connectivity index (χ3n) is 6.13. The van der Waals surface area contributed by atoms with E-state index >= 15 is 0 Å². The molecule has 3 heterocycles. The molecule has 0 unspecified atom stereocenters. The van der Waals surface area contributed by atoms with E-state index in [1.54, 1.807) is 16.9 Å². The predicted octanol–water partition coefficient (Wildman–Crippen LogP) is 4.07. The van der Waals surface area contributed by atoms with Crippen molar-refractivity contribution in [2.24, 2.45) is 0 Å². The molecule has 1 aliphatic heterocycles. The van der Waals surface area contributed by atoms with Crippen molar-refractivity contribution in [2.75, 3.05) is 44.7 Å². The summed E-state index contributed by atoms with van der Waals surface area (Å²) in [6.07, 6.45) is -1.98. The van der Waals surface area contributed by atoms with Crippen molar-refractivity contribution in [3.05, 3.63) is 77.8 Å². The van der Waals surface area contributed by atoms with Crippen molar-refractivity contribution < 1.29 is 27.4 Å². The minimum absolute atomic E-state index is 0.192. The van der Waals surface area contributed by atoms with Crippen LogP contribution in [0.3, 0.4) is 0 Å². The predicted molar refractivity (Wildman–Crippen MR) is 140 cm³/mol. The number of carbonyl (C=O) groups is 1. The number of amides is 1. The summed E-state index contributed by atoms with van der Waals surface area (Å²) < 4.78 is 48.0. The fraction of sp³-hybridized carbons (Fsp3) is 0.370. The maximum atomic E-state index is 12.7. The summed E-state index contributed by atoms with van der Waals surface area (Å²) in [5.74, 6) is -0.0384. The van der Waals surface area contributed by atoms with Gasteiger partial charge >= 0.3 is 6.36 Å². The Kier molecular flexibility index (Phi) is 9.20. The molecule has 0 atom stereocenters. The van der Waals surface area contributed by atoms with Gasteiger partial charge in [0, 0.05) is 37.2 Å². The summed E-state index contributed by atoms with van der Waals surface area (Å²) in [6.45, 7) is 11.5. The zero-order valence-corrected chi connectivity index (χ0v) is 21.6. The van der Waals surface area contributed by atoms with E-state index in [1.165, 1.54) is 12.1 Å². The molecule has 0 radical (unpaired) electrons. The Morgan fingerprint density at radius 1 is 1.15 bits per heavy atom. The van der Waals surface area contributed by atoms with Crippen LogP contribution in [0.5, 0.6) is 5.75 Å². The topological polar surface area (TPSA) is 93.5 Å². The molecule has 2 aromatic heterocycles. The van der Waals surface area contributed by atoms with Gasteiger partial charge in [0.2, 0.25) is 0 Å². The molecule has 0 saturated carbocycles. The first-order chi connectivity index (χ1) is 18.7. The number of rotatable bonds is 11. The first kappa shape index (κ1) is 28.1. The molecule has 0 aliphatic carbocycles. The second-order valence-electron chi connectivity index (χ2n) is 9.12. The Hall–Kier alpha value is -3.90. The third-order valence-corrected chi connectivity index (χ3v) is 6.13. The van der Waals surface area contributed by atoms with Crippen molar-refractivity contribution in [1.29, 1.82) is 0 Å². The van der Waals surface area contributed by atoms with Gasteiger partial charge in [-0.05, 0) is 67.4 Å². The number of aromatic nitrogens is 3. The Bertz CT molecular complexity index is 1250. The molecule has 1 saturated heterocycles.